The fourth-order valence-corrected chi connectivity index (χ4v) is 1.69. The average molecular weight is 258 g/mol. The lowest BCUT2D eigenvalue weighted by Gasteiger charge is -2.10. The van der Waals surface area contributed by atoms with Gasteiger partial charge in [-0.3, -0.25) is 19.3 Å². The summed E-state index contributed by atoms with van der Waals surface area (Å²) in [4.78, 5) is 39.5. The quantitative estimate of drug-likeness (QED) is 0.716. The molecule has 1 unspecified atom stereocenters. The molecule has 3 amide bonds. The van der Waals surface area contributed by atoms with Crippen LogP contribution in [0.1, 0.15) is 22.5 Å². The number of hydrogen-bond donors (Lipinski definition) is 1. The van der Waals surface area contributed by atoms with Crippen molar-refractivity contribution in [1.29, 1.82) is 5.26 Å². The molecule has 19 heavy (non-hydrogen) atoms. The molecule has 1 atom stereocenters. The van der Waals surface area contributed by atoms with Crippen LogP contribution in [0.3, 0.4) is 0 Å². The summed E-state index contributed by atoms with van der Waals surface area (Å²) in [7, 11) is 1.37. The smallest absolute Gasteiger partial charge is 0.270 e. The molecule has 7 heteroatoms. The third kappa shape index (κ3) is 2.42. The number of hydrogen-bond acceptors (Lipinski definition) is 5. The molecule has 0 aliphatic carbocycles. The minimum atomic E-state index is -0.845. The van der Waals surface area contributed by atoms with Gasteiger partial charge < -0.3 is 5.32 Å². The van der Waals surface area contributed by atoms with Gasteiger partial charge in [-0.2, -0.15) is 5.26 Å². The number of likely N-dealkylation sites (N-methyl/N-ethyl adjacent to an activating group) is 1. The Morgan fingerprint density at radius 3 is 2.74 bits per heavy atom. The van der Waals surface area contributed by atoms with Gasteiger partial charge in [-0.15, -0.1) is 0 Å². The second-order valence-corrected chi connectivity index (χ2v) is 4.07. The SMILES string of the molecule is CN1C(=O)CC(NC(=O)c2ccc(C#N)cn2)C1=O. The van der Waals surface area contributed by atoms with E-state index >= 15 is 0 Å². The summed E-state index contributed by atoms with van der Waals surface area (Å²) in [6.07, 6.45) is 1.22. The Morgan fingerprint density at radius 2 is 2.26 bits per heavy atom. The van der Waals surface area contributed by atoms with Crippen molar-refractivity contribution in [2.45, 2.75) is 12.5 Å². The van der Waals surface area contributed by atoms with Crippen LogP contribution in [0.5, 0.6) is 0 Å². The molecule has 1 aliphatic heterocycles. The average Bonchev–Trinajstić information content (AvgIpc) is 2.66. The molecule has 0 radical (unpaired) electrons. The van der Waals surface area contributed by atoms with E-state index in [9.17, 15) is 14.4 Å². The van der Waals surface area contributed by atoms with E-state index in [-0.39, 0.29) is 18.0 Å². The second-order valence-electron chi connectivity index (χ2n) is 4.07. The molecule has 2 rings (SSSR count). The van der Waals surface area contributed by atoms with Gasteiger partial charge in [-0.05, 0) is 12.1 Å². The van der Waals surface area contributed by atoms with E-state index in [1.807, 2.05) is 6.07 Å². The topological polar surface area (TPSA) is 103 Å². The van der Waals surface area contributed by atoms with Gasteiger partial charge >= 0.3 is 0 Å². The molecule has 2 heterocycles. The molecule has 1 aromatic heterocycles. The van der Waals surface area contributed by atoms with Crippen LogP contribution in [-0.4, -0.2) is 40.7 Å². The first-order chi connectivity index (χ1) is 9.02. The lowest BCUT2D eigenvalue weighted by atomic mass is 10.2. The van der Waals surface area contributed by atoms with Crippen LogP contribution in [0.25, 0.3) is 0 Å². The van der Waals surface area contributed by atoms with E-state index in [0.717, 1.165) is 4.90 Å². The van der Waals surface area contributed by atoms with Gasteiger partial charge in [0.25, 0.3) is 11.8 Å². The van der Waals surface area contributed by atoms with E-state index in [2.05, 4.69) is 10.3 Å². The predicted molar refractivity (Wildman–Crippen MR) is 62.6 cm³/mol. The number of amides is 3. The van der Waals surface area contributed by atoms with Crippen LogP contribution in [0.4, 0.5) is 0 Å². The van der Waals surface area contributed by atoms with Crippen LogP contribution < -0.4 is 5.32 Å². The highest BCUT2D eigenvalue weighted by Crippen LogP contribution is 2.11. The van der Waals surface area contributed by atoms with Crippen LogP contribution in [-0.2, 0) is 9.59 Å². The maximum atomic E-state index is 11.8. The Kier molecular flexibility index (Phi) is 3.25. The summed E-state index contributed by atoms with van der Waals surface area (Å²) in [5.74, 6) is -1.32. The monoisotopic (exact) mass is 258 g/mol. The minimum Gasteiger partial charge on any atom is -0.338 e. The third-order valence-electron chi connectivity index (χ3n) is 2.81. The Bertz CT molecular complexity index is 588. The lowest BCUT2D eigenvalue weighted by molar-refractivity contribution is -0.137. The Morgan fingerprint density at radius 1 is 1.53 bits per heavy atom. The van der Waals surface area contributed by atoms with Gasteiger partial charge in [-0.25, -0.2) is 4.98 Å². The predicted octanol–water partition coefficient (Wildman–Crippen LogP) is -0.560. The van der Waals surface area contributed by atoms with Crippen molar-refractivity contribution >= 4 is 17.7 Å². The highest BCUT2D eigenvalue weighted by atomic mass is 16.2. The number of imide groups is 1. The first-order valence-corrected chi connectivity index (χ1v) is 5.50. The van der Waals surface area contributed by atoms with Gasteiger partial charge in [0, 0.05) is 13.2 Å². The maximum absolute atomic E-state index is 11.8. The summed E-state index contributed by atoms with van der Waals surface area (Å²) >= 11 is 0. The fraction of sp³-hybridized carbons (Fsp3) is 0.250. The number of carbonyl (C=O) groups is 3. The summed E-state index contributed by atoms with van der Waals surface area (Å²) < 4.78 is 0. The number of carbonyl (C=O) groups excluding carboxylic acids is 3. The number of pyridine rings is 1. The van der Waals surface area contributed by atoms with E-state index in [4.69, 9.17) is 5.26 Å². The van der Waals surface area contributed by atoms with Crippen molar-refractivity contribution < 1.29 is 14.4 Å². The molecule has 1 aromatic rings. The fourth-order valence-electron chi connectivity index (χ4n) is 1.69. The Labute approximate surface area is 108 Å². The summed E-state index contributed by atoms with van der Waals surface area (Å²) in [6, 6.07) is 3.88. The molecular formula is C12H10N4O3. The largest absolute Gasteiger partial charge is 0.338 e. The maximum Gasteiger partial charge on any atom is 0.270 e. The van der Waals surface area contributed by atoms with E-state index in [0.29, 0.717) is 5.56 Å². The van der Waals surface area contributed by atoms with Gasteiger partial charge in [0.05, 0.1) is 12.0 Å². The van der Waals surface area contributed by atoms with Crippen molar-refractivity contribution in [2.75, 3.05) is 7.05 Å². The van der Waals surface area contributed by atoms with Crippen molar-refractivity contribution in [3.8, 4) is 6.07 Å². The van der Waals surface area contributed by atoms with Crippen molar-refractivity contribution in [3.05, 3.63) is 29.6 Å². The molecule has 1 N–H and O–H groups in total. The van der Waals surface area contributed by atoms with Crippen molar-refractivity contribution in [2.24, 2.45) is 0 Å². The van der Waals surface area contributed by atoms with Gasteiger partial charge in [0.1, 0.15) is 17.8 Å². The molecular weight excluding hydrogens is 248 g/mol. The summed E-state index contributed by atoms with van der Waals surface area (Å²) in [5, 5.41) is 11.1. The van der Waals surface area contributed by atoms with Gasteiger partial charge in [0.2, 0.25) is 5.91 Å². The third-order valence-corrected chi connectivity index (χ3v) is 2.81. The molecule has 0 saturated carbocycles. The van der Waals surface area contributed by atoms with E-state index < -0.39 is 17.9 Å². The summed E-state index contributed by atoms with van der Waals surface area (Å²) in [5.41, 5.74) is 0.428. The summed E-state index contributed by atoms with van der Waals surface area (Å²) in [6.45, 7) is 0. The van der Waals surface area contributed by atoms with Gasteiger partial charge in [-0.1, -0.05) is 0 Å². The number of likely N-dealkylation sites (tertiary alicyclic amines) is 1. The number of nitriles is 1. The number of nitrogens with zero attached hydrogens (tertiary/aromatic N) is 3. The van der Waals surface area contributed by atoms with Gasteiger partial charge in [0.15, 0.2) is 0 Å². The molecule has 0 spiro atoms. The van der Waals surface area contributed by atoms with E-state index in [1.54, 1.807) is 0 Å². The highest BCUT2D eigenvalue weighted by molar-refractivity contribution is 6.07. The zero-order valence-corrected chi connectivity index (χ0v) is 10.1. The van der Waals surface area contributed by atoms with Crippen LogP contribution in [0.15, 0.2) is 18.3 Å². The lowest BCUT2D eigenvalue weighted by Crippen LogP contribution is -2.40. The molecule has 1 aliphatic rings. The first kappa shape index (κ1) is 12.7. The molecule has 1 fully saturated rings. The molecule has 0 aromatic carbocycles. The van der Waals surface area contributed by atoms with Crippen molar-refractivity contribution in [3.63, 3.8) is 0 Å². The van der Waals surface area contributed by atoms with Crippen LogP contribution >= 0.6 is 0 Å². The Hall–Kier alpha value is -2.75. The number of aromatic nitrogens is 1. The first-order valence-electron chi connectivity index (χ1n) is 5.50. The normalized spacial score (nSPS) is 18.3. The zero-order chi connectivity index (χ0) is 14.0. The van der Waals surface area contributed by atoms with Crippen molar-refractivity contribution in [1.82, 2.24) is 15.2 Å². The van der Waals surface area contributed by atoms with E-state index in [1.165, 1.54) is 25.4 Å². The Balaban J connectivity index is 2.07. The number of rotatable bonds is 2. The van der Waals surface area contributed by atoms with Crippen LogP contribution in [0, 0.1) is 11.3 Å². The molecule has 7 nitrogen and oxygen atoms in total. The molecule has 1 saturated heterocycles. The minimum absolute atomic E-state index is 0.0443. The zero-order valence-electron chi connectivity index (χ0n) is 10.1. The molecule has 96 valence electrons. The second kappa shape index (κ2) is 4.86. The standard InChI is InChI=1S/C12H10N4O3/c1-16-10(17)4-9(12(16)19)15-11(18)8-3-2-7(5-13)6-14-8/h2-3,6,9H,4H2,1H3,(H,15,18). The number of nitrogens with one attached hydrogen (secondary N) is 1. The highest BCUT2D eigenvalue weighted by Gasteiger charge is 2.37. The van der Waals surface area contributed by atoms with Crippen LogP contribution in [0.2, 0.25) is 0 Å². The molecule has 0 bridgehead atoms.